The topological polar surface area (TPSA) is 61.4 Å². The van der Waals surface area contributed by atoms with Crippen molar-refractivity contribution in [1.82, 2.24) is 14.3 Å². The normalized spacial score (nSPS) is 15.9. The third-order valence-electron chi connectivity index (χ3n) is 3.48. The van der Waals surface area contributed by atoms with Gasteiger partial charge in [0, 0.05) is 26.2 Å². The fraction of sp³-hybridized carbons (Fsp3) is 0.692. The van der Waals surface area contributed by atoms with Crippen molar-refractivity contribution < 1.29 is 8.42 Å². The Morgan fingerprint density at radius 1 is 1.40 bits per heavy atom. The summed E-state index contributed by atoms with van der Waals surface area (Å²) in [5, 5.41) is 7.39. The fourth-order valence-electron chi connectivity index (χ4n) is 1.86. The van der Waals surface area contributed by atoms with Gasteiger partial charge in [-0.15, -0.1) is 0 Å². The van der Waals surface area contributed by atoms with Crippen LogP contribution in [0.15, 0.2) is 10.8 Å². The van der Waals surface area contributed by atoms with E-state index >= 15 is 0 Å². The Hall–Kier alpha value is -0.470. The maximum atomic E-state index is 12.1. The number of hydrogen-bond acceptors (Lipinski definition) is 4. The first-order valence-corrected chi connectivity index (χ1v) is 9.33. The van der Waals surface area contributed by atoms with Gasteiger partial charge in [0.15, 0.2) is 0 Å². The number of thiophene rings is 1. The summed E-state index contributed by atoms with van der Waals surface area (Å²) in [4.78, 5) is 0. The molecule has 1 aliphatic carbocycles. The Kier molecular flexibility index (Phi) is 5.57. The fourth-order valence-corrected chi connectivity index (χ4v) is 3.65. The van der Waals surface area contributed by atoms with Gasteiger partial charge in [-0.2, -0.15) is 28.8 Å². The van der Waals surface area contributed by atoms with Crippen LogP contribution in [-0.4, -0.2) is 38.9 Å². The first kappa shape index (κ1) is 15.9. The highest BCUT2D eigenvalue weighted by atomic mass is 32.2. The molecule has 0 radical (unpaired) electrons. The lowest BCUT2D eigenvalue weighted by Gasteiger charge is -2.17. The van der Waals surface area contributed by atoms with Gasteiger partial charge in [-0.3, -0.25) is 0 Å². The lowest BCUT2D eigenvalue weighted by Crippen LogP contribution is -2.39. The van der Waals surface area contributed by atoms with E-state index in [1.54, 1.807) is 18.4 Å². The third-order valence-corrected chi connectivity index (χ3v) is 5.90. The van der Waals surface area contributed by atoms with Crippen molar-refractivity contribution in [3.05, 3.63) is 21.9 Å². The minimum atomic E-state index is -3.38. The second kappa shape index (κ2) is 7.00. The average molecular weight is 317 g/mol. The van der Waals surface area contributed by atoms with Gasteiger partial charge in [-0.1, -0.05) is 0 Å². The van der Waals surface area contributed by atoms with E-state index in [9.17, 15) is 8.42 Å². The summed E-state index contributed by atoms with van der Waals surface area (Å²) in [7, 11) is -1.75. The van der Waals surface area contributed by atoms with Crippen LogP contribution in [0.2, 0.25) is 0 Å². The summed E-state index contributed by atoms with van der Waals surface area (Å²) < 4.78 is 28.2. The minimum Gasteiger partial charge on any atom is -0.314 e. The Morgan fingerprint density at radius 2 is 2.15 bits per heavy atom. The lowest BCUT2D eigenvalue weighted by molar-refractivity contribution is 0.444. The van der Waals surface area contributed by atoms with Gasteiger partial charge < -0.3 is 5.32 Å². The van der Waals surface area contributed by atoms with Crippen LogP contribution in [0.1, 0.15) is 30.4 Å². The van der Waals surface area contributed by atoms with Gasteiger partial charge in [-0.25, -0.2) is 0 Å². The van der Waals surface area contributed by atoms with Crippen LogP contribution < -0.4 is 10.0 Å². The van der Waals surface area contributed by atoms with Gasteiger partial charge >= 0.3 is 0 Å². The van der Waals surface area contributed by atoms with Crippen molar-refractivity contribution in [1.29, 1.82) is 0 Å². The standard InChI is InChI=1S/C13H23N3O2S2/c1-11-9-19-10-12(11)8-15-20(17,18)16(2)7-3-6-14-13-4-5-13/h9-10,13-15H,3-8H2,1-2H3. The van der Waals surface area contributed by atoms with Gasteiger partial charge in [0.05, 0.1) is 0 Å². The number of nitrogens with zero attached hydrogens (tertiary/aromatic N) is 1. The molecule has 5 nitrogen and oxygen atoms in total. The predicted octanol–water partition coefficient (Wildman–Crippen LogP) is 1.46. The molecule has 0 atom stereocenters. The smallest absolute Gasteiger partial charge is 0.279 e. The molecule has 114 valence electrons. The van der Waals surface area contributed by atoms with E-state index in [0.717, 1.165) is 24.1 Å². The zero-order chi connectivity index (χ0) is 14.6. The number of rotatable bonds is 9. The Morgan fingerprint density at radius 3 is 2.75 bits per heavy atom. The van der Waals surface area contributed by atoms with Crippen LogP contribution >= 0.6 is 11.3 Å². The average Bonchev–Trinajstić information content (AvgIpc) is 3.14. The molecule has 0 unspecified atom stereocenters. The highest BCUT2D eigenvalue weighted by Gasteiger charge is 2.20. The molecule has 0 spiro atoms. The van der Waals surface area contributed by atoms with Gasteiger partial charge in [-0.05, 0) is 54.6 Å². The Bertz CT molecular complexity index is 523. The van der Waals surface area contributed by atoms with Crippen LogP contribution in [0, 0.1) is 6.92 Å². The monoisotopic (exact) mass is 317 g/mol. The van der Waals surface area contributed by atoms with Crippen molar-refractivity contribution in [2.24, 2.45) is 0 Å². The van der Waals surface area contributed by atoms with Gasteiger partial charge in [0.2, 0.25) is 0 Å². The summed E-state index contributed by atoms with van der Waals surface area (Å²) >= 11 is 1.59. The largest absolute Gasteiger partial charge is 0.314 e. The molecule has 2 N–H and O–H groups in total. The quantitative estimate of drug-likeness (QED) is 0.678. The minimum absolute atomic E-state index is 0.363. The van der Waals surface area contributed by atoms with Gasteiger partial charge in [0.1, 0.15) is 0 Å². The van der Waals surface area contributed by atoms with Crippen molar-refractivity contribution >= 4 is 21.5 Å². The zero-order valence-corrected chi connectivity index (χ0v) is 13.7. The summed E-state index contributed by atoms with van der Waals surface area (Å²) in [6.07, 6.45) is 3.36. The second-order valence-corrected chi connectivity index (χ2v) is 7.92. The molecule has 0 aliphatic heterocycles. The highest BCUT2D eigenvalue weighted by molar-refractivity contribution is 7.87. The molecule has 0 aromatic carbocycles. The van der Waals surface area contributed by atoms with Crippen molar-refractivity contribution in [3.8, 4) is 0 Å². The van der Waals surface area contributed by atoms with Crippen LogP contribution in [0.3, 0.4) is 0 Å². The first-order chi connectivity index (χ1) is 9.49. The molecule has 1 aromatic heterocycles. The van der Waals surface area contributed by atoms with Crippen molar-refractivity contribution in [2.45, 2.75) is 38.8 Å². The SMILES string of the molecule is Cc1cscc1CNS(=O)(=O)N(C)CCCNC1CC1. The second-order valence-electron chi connectivity index (χ2n) is 5.31. The maximum absolute atomic E-state index is 12.1. The number of aryl methyl sites for hydroxylation is 1. The molecule has 0 bridgehead atoms. The van der Waals surface area contributed by atoms with E-state index in [-0.39, 0.29) is 0 Å². The molecule has 1 heterocycles. The summed E-state index contributed by atoms with van der Waals surface area (Å²) in [5.74, 6) is 0. The molecule has 7 heteroatoms. The number of nitrogens with one attached hydrogen (secondary N) is 2. The van der Waals surface area contributed by atoms with Gasteiger partial charge in [0.25, 0.3) is 10.2 Å². The maximum Gasteiger partial charge on any atom is 0.279 e. The van der Waals surface area contributed by atoms with E-state index in [0.29, 0.717) is 19.1 Å². The summed E-state index contributed by atoms with van der Waals surface area (Å²) in [6.45, 7) is 3.78. The van der Waals surface area contributed by atoms with E-state index in [4.69, 9.17) is 0 Å². The van der Waals surface area contributed by atoms with E-state index in [1.807, 2.05) is 17.7 Å². The molecule has 1 aromatic rings. The highest BCUT2D eigenvalue weighted by Crippen LogP contribution is 2.18. The Labute approximate surface area is 125 Å². The molecule has 20 heavy (non-hydrogen) atoms. The van der Waals surface area contributed by atoms with E-state index in [2.05, 4.69) is 10.0 Å². The molecule has 0 amide bonds. The molecule has 1 saturated carbocycles. The van der Waals surface area contributed by atoms with E-state index in [1.165, 1.54) is 17.1 Å². The molecule has 0 saturated heterocycles. The molecular formula is C13H23N3O2S2. The van der Waals surface area contributed by atoms with Crippen molar-refractivity contribution in [3.63, 3.8) is 0 Å². The lowest BCUT2D eigenvalue weighted by atomic mass is 10.2. The van der Waals surface area contributed by atoms with Crippen LogP contribution in [-0.2, 0) is 16.8 Å². The van der Waals surface area contributed by atoms with E-state index < -0.39 is 10.2 Å². The predicted molar refractivity (Wildman–Crippen MR) is 83.1 cm³/mol. The van der Waals surface area contributed by atoms with Crippen LogP contribution in [0.25, 0.3) is 0 Å². The van der Waals surface area contributed by atoms with Crippen molar-refractivity contribution in [2.75, 3.05) is 20.1 Å². The number of hydrogen-bond donors (Lipinski definition) is 2. The summed E-state index contributed by atoms with van der Waals surface area (Å²) in [6, 6.07) is 0.677. The third kappa shape index (κ3) is 4.82. The molecule has 2 rings (SSSR count). The zero-order valence-electron chi connectivity index (χ0n) is 12.1. The van der Waals surface area contributed by atoms with Crippen LogP contribution in [0.5, 0.6) is 0 Å². The Balaban J connectivity index is 1.71. The van der Waals surface area contributed by atoms with Crippen LogP contribution in [0.4, 0.5) is 0 Å². The molecular weight excluding hydrogens is 294 g/mol. The first-order valence-electron chi connectivity index (χ1n) is 6.95. The molecule has 1 aliphatic rings. The summed E-state index contributed by atoms with van der Waals surface area (Å²) in [5.41, 5.74) is 2.18. The molecule has 1 fully saturated rings.